The van der Waals surface area contributed by atoms with Crippen molar-refractivity contribution in [3.8, 4) is 5.75 Å². The van der Waals surface area contributed by atoms with Crippen LogP contribution in [0.15, 0.2) is 18.2 Å². The number of benzene rings is 1. The first-order chi connectivity index (χ1) is 7.17. The first kappa shape index (κ1) is 11.5. The molecule has 0 amide bonds. The minimum absolute atomic E-state index is 0.0313. The molecule has 0 heterocycles. The average molecular weight is 210 g/mol. The van der Waals surface area contributed by atoms with Crippen LogP contribution in [-0.4, -0.2) is 25.3 Å². The maximum absolute atomic E-state index is 10.6. The highest BCUT2D eigenvalue weighted by molar-refractivity contribution is 5.71. The van der Waals surface area contributed by atoms with Crippen molar-refractivity contribution < 1.29 is 19.4 Å². The van der Waals surface area contributed by atoms with E-state index >= 15 is 0 Å². The molecular weight excluding hydrogens is 196 g/mol. The summed E-state index contributed by atoms with van der Waals surface area (Å²) in [5, 5.41) is 8.68. The molecule has 1 aromatic carbocycles. The third-order valence-electron chi connectivity index (χ3n) is 2.00. The quantitative estimate of drug-likeness (QED) is 0.799. The summed E-state index contributed by atoms with van der Waals surface area (Å²) in [5.74, 6) is -0.278. The molecule has 1 aromatic rings. The molecule has 0 saturated carbocycles. The van der Waals surface area contributed by atoms with E-state index in [1.54, 1.807) is 19.2 Å². The molecular formula is C11H14O4. The second-order valence-corrected chi connectivity index (χ2v) is 3.15. The number of carbonyl (C=O) groups is 1. The summed E-state index contributed by atoms with van der Waals surface area (Å²) >= 11 is 0. The van der Waals surface area contributed by atoms with Gasteiger partial charge in [0.1, 0.15) is 5.75 Å². The van der Waals surface area contributed by atoms with E-state index in [1.165, 1.54) is 7.11 Å². The first-order valence-corrected chi connectivity index (χ1v) is 4.54. The van der Waals surface area contributed by atoms with Gasteiger partial charge >= 0.3 is 5.97 Å². The molecule has 0 aliphatic carbocycles. The molecule has 0 saturated heterocycles. The van der Waals surface area contributed by atoms with Gasteiger partial charge in [0.05, 0.1) is 20.1 Å². The van der Waals surface area contributed by atoms with Crippen molar-refractivity contribution in [2.45, 2.75) is 13.0 Å². The molecule has 4 heteroatoms. The van der Waals surface area contributed by atoms with Crippen molar-refractivity contribution in [1.29, 1.82) is 0 Å². The summed E-state index contributed by atoms with van der Waals surface area (Å²) in [6.07, 6.45) is -0.0313. The highest BCUT2D eigenvalue weighted by atomic mass is 16.5. The van der Waals surface area contributed by atoms with Crippen molar-refractivity contribution in [2.24, 2.45) is 0 Å². The summed E-state index contributed by atoms with van der Waals surface area (Å²) in [5.41, 5.74) is 1.63. The van der Waals surface area contributed by atoms with Crippen molar-refractivity contribution in [2.75, 3.05) is 14.2 Å². The zero-order valence-electron chi connectivity index (χ0n) is 8.82. The fraction of sp³-hybridized carbons (Fsp3) is 0.364. The highest BCUT2D eigenvalue weighted by Gasteiger charge is 2.08. The van der Waals surface area contributed by atoms with Gasteiger partial charge in [0.2, 0.25) is 0 Å². The summed E-state index contributed by atoms with van der Waals surface area (Å²) < 4.78 is 10.1. The Kier molecular flexibility index (Phi) is 4.12. The molecule has 0 aromatic heterocycles. The Hall–Kier alpha value is -1.55. The molecule has 15 heavy (non-hydrogen) atoms. The lowest BCUT2D eigenvalue weighted by Crippen LogP contribution is -2.03. The molecule has 0 unspecified atom stereocenters. The van der Waals surface area contributed by atoms with Gasteiger partial charge in [0.25, 0.3) is 0 Å². The Morgan fingerprint density at radius 1 is 1.40 bits per heavy atom. The normalized spacial score (nSPS) is 10.0. The Morgan fingerprint density at radius 2 is 2.13 bits per heavy atom. The van der Waals surface area contributed by atoms with Gasteiger partial charge in [-0.2, -0.15) is 0 Å². The second-order valence-electron chi connectivity index (χ2n) is 3.15. The highest BCUT2D eigenvalue weighted by Crippen LogP contribution is 2.21. The molecule has 1 rings (SSSR count). The Balaban J connectivity index is 2.92. The first-order valence-electron chi connectivity index (χ1n) is 4.54. The lowest BCUT2D eigenvalue weighted by atomic mass is 10.1. The predicted octanol–water partition coefficient (Wildman–Crippen LogP) is 1.47. The Labute approximate surface area is 88.4 Å². The summed E-state index contributed by atoms with van der Waals surface area (Å²) in [6, 6.07) is 5.38. The number of hydrogen-bond donors (Lipinski definition) is 1. The number of carboxylic acid groups (broad SMARTS) is 1. The number of methoxy groups -OCH3 is 2. The van der Waals surface area contributed by atoms with Crippen LogP contribution in [0.4, 0.5) is 0 Å². The molecule has 0 atom stereocenters. The van der Waals surface area contributed by atoms with Crippen molar-refractivity contribution >= 4 is 5.97 Å². The topological polar surface area (TPSA) is 55.8 Å². The van der Waals surface area contributed by atoms with Gasteiger partial charge in [-0.3, -0.25) is 4.79 Å². The van der Waals surface area contributed by atoms with E-state index in [1.807, 2.05) is 6.07 Å². The minimum Gasteiger partial charge on any atom is -0.496 e. The van der Waals surface area contributed by atoms with E-state index in [9.17, 15) is 4.79 Å². The molecule has 82 valence electrons. The van der Waals surface area contributed by atoms with E-state index in [0.717, 1.165) is 5.56 Å². The molecule has 0 radical (unpaired) electrons. The molecule has 0 spiro atoms. The van der Waals surface area contributed by atoms with Gasteiger partial charge in [0, 0.05) is 12.7 Å². The molecule has 0 aliphatic heterocycles. The molecule has 0 aliphatic rings. The van der Waals surface area contributed by atoms with Crippen LogP contribution in [0.2, 0.25) is 0 Å². The van der Waals surface area contributed by atoms with Gasteiger partial charge in [-0.05, 0) is 11.6 Å². The third kappa shape index (κ3) is 3.25. The monoisotopic (exact) mass is 210 g/mol. The largest absolute Gasteiger partial charge is 0.496 e. The number of carboxylic acids is 1. The lowest BCUT2D eigenvalue weighted by molar-refractivity contribution is -0.136. The lowest BCUT2D eigenvalue weighted by Gasteiger charge is -2.08. The van der Waals surface area contributed by atoms with Crippen LogP contribution in [0.3, 0.4) is 0 Å². The number of aliphatic carboxylic acids is 1. The third-order valence-corrected chi connectivity index (χ3v) is 2.00. The van der Waals surface area contributed by atoms with Gasteiger partial charge in [-0.15, -0.1) is 0 Å². The Bertz CT molecular complexity index is 346. The number of ether oxygens (including phenoxy) is 2. The second kappa shape index (κ2) is 5.36. The zero-order chi connectivity index (χ0) is 11.3. The number of hydrogen-bond acceptors (Lipinski definition) is 3. The maximum atomic E-state index is 10.6. The van der Waals surface area contributed by atoms with Crippen molar-refractivity contribution in [1.82, 2.24) is 0 Å². The molecule has 1 N–H and O–H groups in total. The maximum Gasteiger partial charge on any atom is 0.307 e. The standard InChI is InChI=1S/C11H14O4/c1-14-7-8-3-4-9(6-11(12)13)10(5-8)15-2/h3-5H,6-7H2,1-2H3,(H,12,13). The average Bonchev–Trinajstić information content (AvgIpc) is 2.20. The van der Waals surface area contributed by atoms with E-state index in [2.05, 4.69) is 0 Å². The van der Waals surface area contributed by atoms with E-state index in [4.69, 9.17) is 14.6 Å². The van der Waals surface area contributed by atoms with Crippen LogP contribution < -0.4 is 4.74 Å². The molecule has 4 nitrogen and oxygen atoms in total. The van der Waals surface area contributed by atoms with Gasteiger partial charge in [-0.25, -0.2) is 0 Å². The SMILES string of the molecule is COCc1ccc(CC(=O)O)c(OC)c1. The zero-order valence-corrected chi connectivity index (χ0v) is 8.82. The van der Waals surface area contributed by atoms with Crippen molar-refractivity contribution in [3.05, 3.63) is 29.3 Å². The number of rotatable bonds is 5. The van der Waals surface area contributed by atoms with E-state index in [-0.39, 0.29) is 6.42 Å². The fourth-order valence-electron chi connectivity index (χ4n) is 1.35. The van der Waals surface area contributed by atoms with E-state index in [0.29, 0.717) is 17.9 Å². The van der Waals surface area contributed by atoms with Crippen LogP contribution in [0.5, 0.6) is 5.75 Å². The Morgan fingerprint density at radius 3 is 2.67 bits per heavy atom. The van der Waals surface area contributed by atoms with Gasteiger partial charge in [0.15, 0.2) is 0 Å². The van der Waals surface area contributed by atoms with Crippen LogP contribution in [0.1, 0.15) is 11.1 Å². The smallest absolute Gasteiger partial charge is 0.307 e. The van der Waals surface area contributed by atoms with Gasteiger partial charge in [-0.1, -0.05) is 12.1 Å². The van der Waals surface area contributed by atoms with E-state index < -0.39 is 5.97 Å². The summed E-state index contributed by atoms with van der Waals surface area (Å²) in [4.78, 5) is 10.6. The van der Waals surface area contributed by atoms with Crippen molar-refractivity contribution in [3.63, 3.8) is 0 Å². The van der Waals surface area contributed by atoms with Crippen LogP contribution in [-0.2, 0) is 22.6 Å². The summed E-state index contributed by atoms with van der Waals surface area (Å²) in [6.45, 7) is 0.490. The predicted molar refractivity (Wildman–Crippen MR) is 55.0 cm³/mol. The van der Waals surface area contributed by atoms with Gasteiger partial charge < -0.3 is 14.6 Å². The fourth-order valence-corrected chi connectivity index (χ4v) is 1.35. The minimum atomic E-state index is -0.868. The van der Waals surface area contributed by atoms with Crippen LogP contribution in [0, 0.1) is 0 Å². The molecule has 0 bridgehead atoms. The molecule has 0 fully saturated rings. The summed E-state index contributed by atoms with van der Waals surface area (Å²) in [7, 11) is 3.13. The van der Waals surface area contributed by atoms with Crippen LogP contribution in [0.25, 0.3) is 0 Å². The van der Waals surface area contributed by atoms with Crippen LogP contribution >= 0.6 is 0 Å².